The molecule has 1 fully saturated rings. The molecule has 2 rings (SSSR count). The summed E-state index contributed by atoms with van der Waals surface area (Å²) in [7, 11) is -5.33. The van der Waals surface area contributed by atoms with Crippen LogP contribution in [0.5, 0.6) is 0 Å². The van der Waals surface area contributed by atoms with Gasteiger partial charge in [0.2, 0.25) is 10.8 Å². The molecule has 0 aromatic carbocycles. The first-order chi connectivity index (χ1) is 26.5. The van der Waals surface area contributed by atoms with Crippen molar-refractivity contribution in [1.29, 1.82) is 0 Å². The SMILES string of the molecule is CCOC(=O)C(COCO)(COP(=O)(OC[C@H]1O[C@@H](n2cc(C)c(=O)[nH]c2=O)C[C@@H]1O)OCC(COCOC(C)=O)(C(=O)OCC)C(=O)OCC)C(=O)OCC. The standard InChI is InChI=1S/C32H49N2O21P/c1-7-47-26(39)31(14-45-18-35,27(40)48-8-2)16-53-56(44,52-13-23-22(37)11-24(55-23)34-12-20(5)25(38)33-30(34)43)54-17-32(28(41)49-9-3,29(42)50-10-4)15-46-19-51-21(6)36/h12,22-24,35,37H,7-11,13-19H2,1-6H3,(H,33,38,43)/t22-,23+,24+,56?/m0/s1. The second-order valence-corrected chi connectivity index (χ2v) is 13.5. The van der Waals surface area contributed by atoms with Gasteiger partial charge in [0.05, 0.1) is 65.6 Å². The molecular weight excluding hydrogens is 779 g/mol. The van der Waals surface area contributed by atoms with Crippen LogP contribution < -0.4 is 11.2 Å². The number of nitrogens with zero attached hydrogens (tertiary/aromatic N) is 1. The Morgan fingerprint density at radius 2 is 1.30 bits per heavy atom. The number of nitrogens with one attached hydrogen (secondary N) is 1. The van der Waals surface area contributed by atoms with Crippen molar-refractivity contribution in [1.82, 2.24) is 9.55 Å². The molecule has 0 spiro atoms. The number of H-pyrrole nitrogens is 1. The van der Waals surface area contributed by atoms with Gasteiger partial charge in [0, 0.05) is 25.1 Å². The van der Waals surface area contributed by atoms with Crippen LogP contribution >= 0.6 is 7.82 Å². The molecule has 0 saturated carbocycles. The monoisotopic (exact) mass is 828 g/mol. The predicted octanol–water partition coefficient (Wildman–Crippen LogP) is -0.620. The highest BCUT2D eigenvalue weighted by Gasteiger charge is 2.55. The number of aryl methyl sites for hydroxylation is 1. The zero-order valence-electron chi connectivity index (χ0n) is 31.8. The van der Waals surface area contributed by atoms with Gasteiger partial charge in [0.25, 0.3) is 5.56 Å². The van der Waals surface area contributed by atoms with Gasteiger partial charge in [0.1, 0.15) is 19.1 Å². The van der Waals surface area contributed by atoms with Gasteiger partial charge in [-0.3, -0.25) is 51.9 Å². The third kappa shape index (κ3) is 12.7. The van der Waals surface area contributed by atoms with Crippen molar-refractivity contribution in [2.45, 2.75) is 66.4 Å². The molecule has 4 atom stereocenters. The van der Waals surface area contributed by atoms with Crippen LogP contribution in [0.2, 0.25) is 0 Å². The molecule has 56 heavy (non-hydrogen) atoms. The Kier molecular flexibility index (Phi) is 19.4. The van der Waals surface area contributed by atoms with E-state index in [4.69, 9.17) is 51.5 Å². The van der Waals surface area contributed by atoms with Gasteiger partial charge in [-0.1, -0.05) is 0 Å². The number of phosphoric acid groups is 1. The van der Waals surface area contributed by atoms with Crippen LogP contribution in [0.1, 0.15) is 52.8 Å². The Morgan fingerprint density at radius 3 is 1.75 bits per heavy atom. The van der Waals surface area contributed by atoms with E-state index in [0.717, 1.165) is 11.5 Å². The number of carbonyl (C=O) groups excluding carboxylic acids is 5. The molecule has 0 amide bonds. The Labute approximate surface area is 320 Å². The highest BCUT2D eigenvalue weighted by atomic mass is 31.2. The molecule has 0 radical (unpaired) electrons. The summed E-state index contributed by atoms with van der Waals surface area (Å²) in [6, 6.07) is 0. The Morgan fingerprint density at radius 1 is 0.821 bits per heavy atom. The van der Waals surface area contributed by atoms with E-state index in [-0.39, 0.29) is 38.4 Å². The molecule has 1 aliphatic rings. The van der Waals surface area contributed by atoms with Crippen LogP contribution in [0.15, 0.2) is 15.8 Å². The summed E-state index contributed by atoms with van der Waals surface area (Å²) in [6.45, 7) is 0.00614. The number of phosphoric ester groups is 1. The first-order valence-electron chi connectivity index (χ1n) is 17.3. The van der Waals surface area contributed by atoms with Gasteiger partial charge in [0.15, 0.2) is 6.79 Å². The number of esters is 5. The molecule has 3 N–H and O–H groups in total. The van der Waals surface area contributed by atoms with Gasteiger partial charge in [-0.2, -0.15) is 0 Å². The van der Waals surface area contributed by atoms with Gasteiger partial charge < -0.3 is 48.1 Å². The van der Waals surface area contributed by atoms with Crippen molar-refractivity contribution in [2.75, 3.05) is 73.0 Å². The summed E-state index contributed by atoms with van der Waals surface area (Å²) in [6.07, 6.45) is -2.98. The first kappa shape index (κ1) is 48.1. The molecule has 1 aromatic rings. The van der Waals surface area contributed by atoms with Crippen LogP contribution in [0.25, 0.3) is 0 Å². The average molecular weight is 829 g/mol. The molecule has 1 saturated heterocycles. The summed E-state index contributed by atoms with van der Waals surface area (Å²) in [5.74, 6) is -6.00. The number of aliphatic hydroxyl groups is 2. The molecule has 1 aromatic heterocycles. The Balaban J connectivity index is 2.61. The maximum atomic E-state index is 14.6. The van der Waals surface area contributed by atoms with Gasteiger partial charge in [-0.05, 0) is 34.6 Å². The van der Waals surface area contributed by atoms with Crippen molar-refractivity contribution in [3.63, 3.8) is 0 Å². The largest absolute Gasteiger partial charge is 0.474 e. The number of carbonyl (C=O) groups is 5. The third-order valence-corrected chi connectivity index (χ3v) is 9.15. The van der Waals surface area contributed by atoms with Gasteiger partial charge >= 0.3 is 43.4 Å². The maximum Gasteiger partial charge on any atom is 0.474 e. The number of hydrogen-bond acceptors (Lipinski definition) is 21. The smallest absolute Gasteiger partial charge is 0.465 e. The quantitative estimate of drug-likeness (QED) is 0.0276. The summed E-state index contributed by atoms with van der Waals surface area (Å²) in [4.78, 5) is 91.2. The molecular formula is C32H49N2O21P. The Bertz CT molecular complexity index is 1620. The van der Waals surface area contributed by atoms with E-state index in [2.05, 4.69) is 4.98 Å². The van der Waals surface area contributed by atoms with Crippen molar-refractivity contribution in [3.8, 4) is 0 Å². The lowest BCUT2D eigenvalue weighted by Crippen LogP contribution is -2.50. The summed E-state index contributed by atoms with van der Waals surface area (Å²) in [5.41, 5.74) is -6.55. The first-order valence-corrected chi connectivity index (χ1v) is 18.7. The Hall–Kier alpha value is -4.06. The van der Waals surface area contributed by atoms with Crippen LogP contribution in [0.3, 0.4) is 0 Å². The minimum absolute atomic E-state index is 0.147. The van der Waals surface area contributed by atoms with Crippen molar-refractivity contribution >= 4 is 37.7 Å². The summed E-state index contributed by atoms with van der Waals surface area (Å²) in [5, 5.41) is 20.2. The van der Waals surface area contributed by atoms with E-state index in [1.54, 1.807) is 0 Å². The fourth-order valence-corrected chi connectivity index (χ4v) is 6.16. The van der Waals surface area contributed by atoms with Crippen molar-refractivity contribution < 1.29 is 90.2 Å². The van der Waals surface area contributed by atoms with Crippen molar-refractivity contribution in [2.24, 2.45) is 10.8 Å². The lowest BCUT2D eigenvalue weighted by atomic mass is 9.90. The normalized spacial score (nSPS) is 18.1. The molecule has 318 valence electrons. The van der Waals surface area contributed by atoms with E-state index in [0.29, 0.717) is 0 Å². The number of aromatic amines is 1. The number of aliphatic hydroxyl groups excluding tert-OH is 2. The summed E-state index contributed by atoms with van der Waals surface area (Å²) < 4.78 is 73.1. The number of hydrogen-bond donors (Lipinski definition) is 3. The lowest BCUT2D eigenvalue weighted by Gasteiger charge is -2.32. The topological polar surface area (TPSA) is 299 Å². The zero-order valence-corrected chi connectivity index (χ0v) is 32.7. The second-order valence-electron chi connectivity index (χ2n) is 11.8. The van der Waals surface area contributed by atoms with Crippen LogP contribution in [-0.4, -0.2) is 135 Å². The van der Waals surface area contributed by atoms with E-state index < -0.39 is 125 Å². The molecule has 0 aliphatic carbocycles. The van der Waals surface area contributed by atoms with Crippen LogP contribution in [0, 0.1) is 17.8 Å². The average Bonchev–Trinajstić information content (AvgIpc) is 3.52. The maximum absolute atomic E-state index is 14.6. The van der Waals surface area contributed by atoms with E-state index in [9.17, 15) is 48.3 Å². The third-order valence-electron chi connectivity index (χ3n) is 7.79. The molecule has 0 bridgehead atoms. The van der Waals surface area contributed by atoms with Crippen LogP contribution in [-0.2, 0) is 80.0 Å². The van der Waals surface area contributed by atoms with E-state index in [1.165, 1.54) is 40.8 Å². The van der Waals surface area contributed by atoms with E-state index in [1.807, 2.05) is 0 Å². The highest BCUT2D eigenvalue weighted by Crippen LogP contribution is 2.53. The summed E-state index contributed by atoms with van der Waals surface area (Å²) >= 11 is 0. The highest BCUT2D eigenvalue weighted by molar-refractivity contribution is 7.48. The number of rotatable bonds is 25. The minimum atomic E-state index is -5.33. The number of aromatic nitrogens is 2. The molecule has 2 heterocycles. The molecule has 1 unspecified atom stereocenters. The lowest BCUT2D eigenvalue weighted by molar-refractivity contribution is -0.185. The zero-order chi connectivity index (χ0) is 42.1. The number of ether oxygens (including phenoxy) is 8. The predicted molar refractivity (Wildman–Crippen MR) is 183 cm³/mol. The fourth-order valence-electron chi connectivity index (χ4n) is 4.85. The minimum Gasteiger partial charge on any atom is -0.465 e. The second kappa shape index (κ2) is 22.6. The molecule has 24 heteroatoms. The molecule has 1 aliphatic heterocycles. The van der Waals surface area contributed by atoms with Gasteiger partial charge in [-0.15, -0.1) is 0 Å². The fraction of sp³-hybridized carbons (Fsp3) is 0.719. The van der Waals surface area contributed by atoms with Crippen molar-refractivity contribution in [3.05, 3.63) is 32.6 Å². The van der Waals surface area contributed by atoms with E-state index >= 15 is 0 Å². The van der Waals surface area contributed by atoms with Gasteiger partial charge in [-0.25, -0.2) is 9.36 Å². The van der Waals surface area contributed by atoms with Crippen LogP contribution in [0.4, 0.5) is 0 Å². The molecule has 23 nitrogen and oxygen atoms in total.